The Labute approximate surface area is 238 Å². The molecule has 5 rings (SSSR count). The van der Waals surface area contributed by atoms with E-state index in [0.29, 0.717) is 24.5 Å². The van der Waals surface area contributed by atoms with E-state index < -0.39 is 12.0 Å². The molecule has 0 bridgehead atoms. The lowest BCUT2D eigenvalue weighted by Gasteiger charge is -2.26. The minimum atomic E-state index is -0.777. The highest BCUT2D eigenvalue weighted by atomic mass is 35.5. The topological polar surface area (TPSA) is 167 Å². The van der Waals surface area contributed by atoms with Crippen LogP contribution in [0.4, 0.5) is 17.3 Å². The number of anilines is 3. The molecule has 15 heteroatoms. The van der Waals surface area contributed by atoms with Crippen LogP contribution in [0.15, 0.2) is 54.7 Å². The van der Waals surface area contributed by atoms with Gasteiger partial charge in [0.25, 0.3) is 5.91 Å². The van der Waals surface area contributed by atoms with E-state index in [1.165, 1.54) is 23.9 Å². The number of carbonyl (C=O) groups is 2. The average Bonchev–Trinajstić information content (AvgIpc) is 3.45. The van der Waals surface area contributed by atoms with Gasteiger partial charge in [0, 0.05) is 24.3 Å². The van der Waals surface area contributed by atoms with E-state index in [-0.39, 0.29) is 48.5 Å². The fourth-order valence-electron chi connectivity index (χ4n) is 4.04. The number of rotatable bonds is 10. The number of halogens is 1. The highest BCUT2D eigenvalue weighted by molar-refractivity contribution is 6.28. The van der Waals surface area contributed by atoms with Crippen molar-refractivity contribution in [1.82, 2.24) is 29.9 Å². The van der Waals surface area contributed by atoms with E-state index in [1.54, 1.807) is 47.5 Å². The highest BCUT2D eigenvalue weighted by Crippen LogP contribution is 2.23. The van der Waals surface area contributed by atoms with Crippen molar-refractivity contribution in [2.75, 3.05) is 37.1 Å². The fraction of sp³-hybridized carbons (Fsp3) is 0.269. The van der Waals surface area contributed by atoms with Gasteiger partial charge in [-0.3, -0.25) is 4.79 Å². The summed E-state index contributed by atoms with van der Waals surface area (Å²) in [6.45, 7) is 0.980. The van der Waals surface area contributed by atoms with Gasteiger partial charge in [0.15, 0.2) is 6.04 Å². The highest BCUT2D eigenvalue weighted by Gasteiger charge is 2.24. The molecule has 0 unspecified atom stereocenters. The third-order valence-corrected chi connectivity index (χ3v) is 6.24. The first-order chi connectivity index (χ1) is 19.9. The maximum absolute atomic E-state index is 12.4. The normalized spacial score (nSPS) is 14.0. The van der Waals surface area contributed by atoms with Crippen LogP contribution in [0.5, 0.6) is 11.8 Å². The minimum absolute atomic E-state index is 0.0498. The summed E-state index contributed by atoms with van der Waals surface area (Å²) in [4.78, 5) is 38.5. The number of esters is 1. The molecule has 0 saturated carbocycles. The second kappa shape index (κ2) is 12.6. The number of hydrogen-bond acceptors (Lipinski definition) is 12. The van der Waals surface area contributed by atoms with Crippen LogP contribution in [0.2, 0.25) is 5.28 Å². The molecule has 3 heterocycles. The third-order valence-electron chi connectivity index (χ3n) is 6.07. The van der Waals surface area contributed by atoms with E-state index >= 15 is 0 Å². The van der Waals surface area contributed by atoms with Gasteiger partial charge in [-0.15, -0.1) is 5.10 Å². The predicted molar refractivity (Wildman–Crippen MR) is 145 cm³/mol. The molecule has 0 radical (unpaired) electrons. The molecule has 1 fully saturated rings. The number of nitrogens with one attached hydrogen (secondary N) is 1. The predicted octanol–water partition coefficient (Wildman–Crippen LogP) is 2.46. The fourth-order valence-corrected chi connectivity index (χ4v) is 4.20. The lowest BCUT2D eigenvalue weighted by atomic mass is 10.1. The molecule has 2 aromatic heterocycles. The molecule has 0 aliphatic carbocycles. The van der Waals surface area contributed by atoms with Crippen LogP contribution in [-0.2, 0) is 32.1 Å². The van der Waals surface area contributed by atoms with Crippen LogP contribution >= 0.6 is 11.6 Å². The van der Waals surface area contributed by atoms with E-state index in [1.807, 2.05) is 0 Å². The number of ether oxygens (including phenoxy) is 3. The Morgan fingerprint density at radius 2 is 1.93 bits per heavy atom. The van der Waals surface area contributed by atoms with Crippen LogP contribution < -0.4 is 15.0 Å². The summed E-state index contributed by atoms with van der Waals surface area (Å²) in [7, 11) is 1.29. The van der Waals surface area contributed by atoms with Crippen molar-refractivity contribution in [3.8, 4) is 11.8 Å². The van der Waals surface area contributed by atoms with Crippen LogP contribution in [0.3, 0.4) is 0 Å². The SMILES string of the molecule is COC(=O)[C@H](Cc1ccc(O)cc1)n1cc(COc2nc(Cl)nc(Nc3ccc(N4CCOCC4=O)cc3)n2)nn1. The van der Waals surface area contributed by atoms with Crippen molar-refractivity contribution in [1.29, 1.82) is 0 Å². The number of phenols is 1. The summed E-state index contributed by atoms with van der Waals surface area (Å²) >= 11 is 6.09. The quantitative estimate of drug-likeness (QED) is 0.263. The second-order valence-electron chi connectivity index (χ2n) is 8.87. The van der Waals surface area contributed by atoms with Crippen LogP contribution in [-0.4, -0.2) is 73.8 Å². The third kappa shape index (κ3) is 7.04. The number of benzene rings is 2. The number of aromatic nitrogens is 6. The molecule has 4 aromatic rings. The van der Waals surface area contributed by atoms with Gasteiger partial charge in [0.2, 0.25) is 11.2 Å². The number of morpholine rings is 1. The number of amides is 1. The lowest BCUT2D eigenvalue weighted by molar-refractivity contribution is -0.145. The number of nitrogens with zero attached hydrogens (tertiary/aromatic N) is 7. The van der Waals surface area contributed by atoms with Crippen LogP contribution in [0.25, 0.3) is 0 Å². The Bertz CT molecular complexity index is 1520. The average molecular weight is 581 g/mol. The zero-order valence-corrected chi connectivity index (χ0v) is 22.6. The van der Waals surface area contributed by atoms with Gasteiger partial charge in [0.05, 0.1) is 19.9 Å². The molecule has 41 heavy (non-hydrogen) atoms. The Kier molecular flexibility index (Phi) is 8.50. The van der Waals surface area contributed by atoms with Gasteiger partial charge >= 0.3 is 12.0 Å². The lowest BCUT2D eigenvalue weighted by Crippen LogP contribution is -2.41. The first kappa shape index (κ1) is 27.7. The Hall–Kier alpha value is -4.82. The molecular formula is C26H25ClN8O6. The molecule has 1 amide bonds. The van der Waals surface area contributed by atoms with Crippen molar-refractivity contribution in [2.45, 2.75) is 19.1 Å². The maximum Gasteiger partial charge on any atom is 0.331 e. The van der Waals surface area contributed by atoms with Crippen molar-refractivity contribution >= 4 is 40.8 Å². The van der Waals surface area contributed by atoms with E-state index in [9.17, 15) is 14.7 Å². The second-order valence-corrected chi connectivity index (χ2v) is 9.21. The van der Waals surface area contributed by atoms with Crippen molar-refractivity contribution in [2.24, 2.45) is 0 Å². The van der Waals surface area contributed by atoms with Gasteiger partial charge in [-0.25, -0.2) is 9.48 Å². The van der Waals surface area contributed by atoms with Crippen molar-refractivity contribution in [3.63, 3.8) is 0 Å². The van der Waals surface area contributed by atoms with E-state index in [4.69, 9.17) is 25.8 Å². The van der Waals surface area contributed by atoms with E-state index in [2.05, 4.69) is 30.6 Å². The summed E-state index contributed by atoms with van der Waals surface area (Å²) in [6.07, 6.45) is 1.84. The largest absolute Gasteiger partial charge is 0.508 e. The molecule has 2 N–H and O–H groups in total. The zero-order chi connectivity index (χ0) is 28.8. The molecule has 212 valence electrons. The van der Waals surface area contributed by atoms with Gasteiger partial charge < -0.3 is 29.5 Å². The minimum Gasteiger partial charge on any atom is -0.508 e. The van der Waals surface area contributed by atoms with Gasteiger partial charge in [-0.05, 0) is 53.6 Å². The van der Waals surface area contributed by atoms with Gasteiger partial charge in [0.1, 0.15) is 24.7 Å². The Morgan fingerprint density at radius 3 is 2.66 bits per heavy atom. The molecular weight excluding hydrogens is 556 g/mol. The molecule has 2 aromatic carbocycles. The van der Waals surface area contributed by atoms with Crippen molar-refractivity contribution < 1.29 is 28.9 Å². The number of aromatic hydroxyl groups is 1. The molecule has 14 nitrogen and oxygen atoms in total. The van der Waals surface area contributed by atoms with Crippen LogP contribution in [0, 0.1) is 0 Å². The molecule has 1 atom stereocenters. The summed E-state index contributed by atoms with van der Waals surface area (Å²) in [6, 6.07) is 12.8. The zero-order valence-electron chi connectivity index (χ0n) is 21.8. The Balaban J connectivity index is 1.23. The monoisotopic (exact) mass is 580 g/mol. The Morgan fingerprint density at radius 1 is 1.15 bits per heavy atom. The smallest absolute Gasteiger partial charge is 0.331 e. The molecule has 1 saturated heterocycles. The van der Waals surface area contributed by atoms with Gasteiger partial charge in [-0.2, -0.15) is 15.0 Å². The molecule has 0 spiro atoms. The number of carbonyl (C=O) groups excluding carboxylic acids is 2. The number of phenolic OH excluding ortho intramolecular Hbond substituents is 1. The maximum atomic E-state index is 12.4. The number of hydrogen-bond donors (Lipinski definition) is 2. The van der Waals surface area contributed by atoms with Gasteiger partial charge in [-0.1, -0.05) is 17.3 Å². The van der Waals surface area contributed by atoms with Crippen molar-refractivity contribution in [3.05, 3.63) is 71.3 Å². The standard InChI is InChI=1S/C26H25ClN8O6/c1-39-23(38)21(12-16-2-8-20(36)9-3-16)35-13-18(32-33-35)14-41-26-30-24(27)29-25(31-26)28-17-4-6-19(7-5-17)34-10-11-40-15-22(34)37/h2-9,13,21,36H,10-12,14-15H2,1H3,(H,28,29,30,31)/t21-/m0/s1. The summed E-state index contributed by atoms with van der Waals surface area (Å²) in [5.74, 6) is -0.320. The number of methoxy groups -OCH3 is 1. The first-order valence-electron chi connectivity index (χ1n) is 12.4. The first-order valence-corrected chi connectivity index (χ1v) is 12.8. The van der Waals surface area contributed by atoms with E-state index in [0.717, 1.165) is 11.3 Å². The van der Waals surface area contributed by atoms with Crippen LogP contribution in [0.1, 0.15) is 17.3 Å². The summed E-state index contributed by atoms with van der Waals surface area (Å²) in [5, 5.41) is 20.6. The molecule has 1 aliphatic heterocycles. The summed E-state index contributed by atoms with van der Waals surface area (Å²) < 4.78 is 17.2. The molecule has 1 aliphatic rings. The summed E-state index contributed by atoms with van der Waals surface area (Å²) in [5.41, 5.74) is 2.62.